The number of amides is 4. The maximum absolute atomic E-state index is 13.3. The van der Waals surface area contributed by atoms with E-state index in [1.807, 2.05) is 36.2 Å². The van der Waals surface area contributed by atoms with Crippen LogP contribution in [-0.2, 0) is 9.59 Å². The van der Waals surface area contributed by atoms with Crippen molar-refractivity contribution < 1.29 is 14.4 Å². The fourth-order valence-electron chi connectivity index (χ4n) is 4.70. The minimum absolute atomic E-state index is 0.282. The minimum Gasteiger partial charge on any atom is -0.357 e. The Balaban J connectivity index is 1.46. The molecule has 1 spiro atoms. The van der Waals surface area contributed by atoms with Crippen LogP contribution in [0, 0.1) is 0 Å². The molecular weight excluding hydrogens is 384 g/mol. The zero-order chi connectivity index (χ0) is 20.9. The van der Waals surface area contributed by atoms with Crippen LogP contribution < -0.4 is 15.1 Å². The highest BCUT2D eigenvalue weighted by Crippen LogP contribution is 2.35. The molecule has 0 unspecified atom stereocenters. The van der Waals surface area contributed by atoms with E-state index in [0.717, 1.165) is 36.2 Å². The van der Waals surface area contributed by atoms with Crippen LogP contribution in [-0.4, -0.2) is 64.9 Å². The van der Waals surface area contributed by atoms with Gasteiger partial charge in [0.2, 0.25) is 5.91 Å². The van der Waals surface area contributed by atoms with Crippen molar-refractivity contribution in [2.24, 2.45) is 0 Å². The summed E-state index contributed by atoms with van der Waals surface area (Å²) in [4.78, 5) is 52.7. The highest BCUT2D eigenvalue weighted by molar-refractivity contribution is 6.10. The van der Waals surface area contributed by atoms with Gasteiger partial charge in [-0.2, -0.15) is 0 Å². The second kappa shape index (κ2) is 6.93. The van der Waals surface area contributed by atoms with E-state index >= 15 is 0 Å². The Hall–Kier alpha value is -3.23. The predicted molar refractivity (Wildman–Crippen MR) is 111 cm³/mol. The van der Waals surface area contributed by atoms with E-state index in [2.05, 4.69) is 5.32 Å². The van der Waals surface area contributed by atoms with Gasteiger partial charge in [-0.05, 0) is 31.4 Å². The molecule has 1 aromatic heterocycles. The van der Waals surface area contributed by atoms with E-state index in [4.69, 9.17) is 9.97 Å². The number of hydrogen-bond acceptors (Lipinski definition) is 6. The average molecular weight is 408 g/mol. The SMILES string of the molecule is CN1CCCN(C(=O)CN2C(=O)NC3(CCCC3)C2=O)c2nc3ccccc3nc21. The van der Waals surface area contributed by atoms with Crippen molar-refractivity contribution in [2.45, 2.75) is 37.6 Å². The first-order chi connectivity index (χ1) is 14.5. The lowest BCUT2D eigenvalue weighted by Crippen LogP contribution is -2.46. The molecule has 4 amide bonds. The Morgan fingerprint density at radius 3 is 2.40 bits per heavy atom. The summed E-state index contributed by atoms with van der Waals surface area (Å²) in [5, 5.41) is 2.83. The number of hydrogen-bond donors (Lipinski definition) is 1. The number of nitrogens with one attached hydrogen (secondary N) is 1. The number of benzene rings is 1. The zero-order valence-corrected chi connectivity index (χ0v) is 16.9. The number of imide groups is 1. The molecule has 0 bridgehead atoms. The molecule has 1 N–H and O–H groups in total. The maximum atomic E-state index is 13.3. The Morgan fingerprint density at radius 1 is 1.03 bits per heavy atom. The molecule has 9 nitrogen and oxygen atoms in total. The molecule has 30 heavy (non-hydrogen) atoms. The Kier molecular flexibility index (Phi) is 4.34. The predicted octanol–water partition coefficient (Wildman–Crippen LogP) is 1.67. The molecule has 3 heterocycles. The van der Waals surface area contributed by atoms with E-state index < -0.39 is 11.6 Å². The number of rotatable bonds is 2. The summed E-state index contributed by atoms with van der Waals surface area (Å²) in [6.07, 6.45) is 3.82. The average Bonchev–Trinajstić information content (AvgIpc) is 3.25. The van der Waals surface area contributed by atoms with E-state index in [0.29, 0.717) is 36.5 Å². The highest BCUT2D eigenvalue weighted by atomic mass is 16.2. The van der Waals surface area contributed by atoms with Crippen molar-refractivity contribution in [1.29, 1.82) is 0 Å². The number of para-hydroxylation sites is 2. The molecule has 2 aliphatic heterocycles. The van der Waals surface area contributed by atoms with Gasteiger partial charge in [0.15, 0.2) is 11.6 Å². The van der Waals surface area contributed by atoms with Crippen molar-refractivity contribution in [1.82, 2.24) is 20.2 Å². The maximum Gasteiger partial charge on any atom is 0.325 e. The molecule has 1 aromatic carbocycles. The van der Waals surface area contributed by atoms with Gasteiger partial charge in [0.1, 0.15) is 12.1 Å². The third-order valence-electron chi connectivity index (χ3n) is 6.32. The van der Waals surface area contributed by atoms with E-state index in [1.165, 1.54) is 0 Å². The lowest BCUT2D eigenvalue weighted by atomic mass is 9.98. The van der Waals surface area contributed by atoms with Gasteiger partial charge in [-0.3, -0.25) is 19.4 Å². The topological polar surface area (TPSA) is 98.7 Å². The molecule has 156 valence electrons. The van der Waals surface area contributed by atoms with Crippen LogP contribution in [0.5, 0.6) is 0 Å². The van der Waals surface area contributed by atoms with Crippen molar-refractivity contribution in [3.8, 4) is 0 Å². The van der Waals surface area contributed by atoms with Gasteiger partial charge in [0, 0.05) is 20.1 Å². The molecule has 1 aliphatic carbocycles. The van der Waals surface area contributed by atoms with Gasteiger partial charge >= 0.3 is 6.03 Å². The number of anilines is 2. The van der Waals surface area contributed by atoms with Crippen molar-refractivity contribution in [3.63, 3.8) is 0 Å². The van der Waals surface area contributed by atoms with E-state index in [-0.39, 0.29) is 18.4 Å². The highest BCUT2D eigenvalue weighted by Gasteiger charge is 2.53. The fourth-order valence-corrected chi connectivity index (χ4v) is 4.70. The minimum atomic E-state index is -0.815. The Morgan fingerprint density at radius 2 is 1.70 bits per heavy atom. The molecular formula is C21H24N6O3. The third-order valence-corrected chi connectivity index (χ3v) is 6.32. The number of carbonyl (C=O) groups is 3. The normalized spacial score (nSPS) is 20.6. The smallest absolute Gasteiger partial charge is 0.325 e. The van der Waals surface area contributed by atoms with Crippen LogP contribution in [0.1, 0.15) is 32.1 Å². The number of fused-ring (bicyclic) bond motifs is 2. The van der Waals surface area contributed by atoms with Crippen LogP contribution in [0.15, 0.2) is 24.3 Å². The summed E-state index contributed by atoms with van der Waals surface area (Å²) in [5.74, 6) is 0.495. The number of urea groups is 1. The van der Waals surface area contributed by atoms with Crippen LogP contribution in [0.4, 0.5) is 16.4 Å². The molecule has 9 heteroatoms. The summed E-state index contributed by atoms with van der Waals surface area (Å²) in [6, 6.07) is 7.05. The summed E-state index contributed by atoms with van der Waals surface area (Å²) in [6.45, 7) is 0.901. The lowest BCUT2D eigenvalue weighted by Gasteiger charge is -2.25. The van der Waals surface area contributed by atoms with Gasteiger partial charge in [0.25, 0.3) is 5.91 Å². The van der Waals surface area contributed by atoms with Gasteiger partial charge < -0.3 is 10.2 Å². The lowest BCUT2D eigenvalue weighted by molar-refractivity contribution is -0.134. The molecule has 1 saturated carbocycles. The fraction of sp³-hybridized carbons (Fsp3) is 0.476. The molecule has 1 saturated heterocycles. The number of nitrogens with zero attached hydrogens (tertiary/aromatic N) is 5. The van der Waals surface area contributed by atoms with Gasteiger partial charge in [-0.1, -0.05) is 25.0 Å². The van der Waals surface area contributed by atoms with Crippen molar-refractivity contribution in [3.05, 3.63) is 24.3 Å². The summed E-state index contributed by atoms with van der Waals surface area (Å²) in [5.41, 5.74) is 0.642. The van der Waals surface area contributed by atoms with Crippen LogP contribution in [0.2, 0.25) is 0 Å². The third kappa shape index (κ3) is 2.88. The number of aromatic nitrogens is 2. The first kappa shape index (κ1) is 18.8. The first-order valence-corrected chi connectivity index (χ1v) is 10.4. The molecule has 2 fully saturated rings. The Bertz CT molecular complexity index is 1050. The van der Waals surface area contributed by atoms with Crippen LogP contribution in [0.3, 0.4) is 0 Å². The van der Waals surface area contributed by atoms with E-state index in [9.17, 15) is 14.4 Å². The first-order valence-electron chi connectivity index (χ1n) is 10.4. The quantitative estimate of drug-likeness (QED) is 0.759. The second-order valence-corrected chi connectivity index (χ2v) is 8.29. The molecule has 3 aliphatic rings. The summed E-state index contributed by atoms with van der Waals surface area (Å²) in [7, 11) is 1.93. The van der Waals surface area contributed by atoms with Crippen LogP contribution >= 0.6 is 0 Å². The molecule has 5 rings (SSSR count). The standard InChI is InChI=1S/C21H24N6O3/c1-25-11-6-12-26(18-17(25)22-14-7-2-3-8-15(14)23-18)16(28)13-27-19(29)21(24-20(27)30)9-4-5-10-21/h2-3,7-8H,4-6,9-13H2,1H3,(H,24,30). The second-order valence-electron chi connectivity index (χ2n) is 8.29. The molecule has 0 radical (unpaired) electrons. The van der Waals surface area contributed by atoms with Crippen LogP contribution in [0.25, 0.3) is 11.0 Å². The zero-order valence-electron chi connectivity index (χ0n) is 16.9. The van der Waals surface area contributed by atoms with Gasteiger partial charge in [-0.25, -0.2) is 14.8 Å². The van der Waals surface area contributed by atoms with Gasteiger partial charge in [0.05, 0.1) is 11.0 Å². The number of carbonyl (C=O) groups excluding carboxylic acids is 3. The van der Waals surface area contributed by atoms with Gasteiger partial charge in [-0.15, -0.1) is 0 Å². The monoisotopic (exact) mass is 408 g/mol. The Labute approximate surface area is 174 Å². The molecule has 0 atom stereocenters. The summed E-state index contributed by atoms with van der Waals surface area (Å²) >= 11 is 0. The van der Waals surface area contributed by atoms with Crippen molar-refractivity contribution >= 4 is 40.5 Å². The largest absolute Gasteiger partial charge is 0.357 e. The van der Waals surface area contributed by atoms with Crippen molar-refractivity contribution in [2.75, 3.05) is 36.5 Å². The van der Waals surface area contributed by atoms with E-state index in [1.54, 1.807) is 4.90 Å². The molecule has 2 aromatic rings. The summed E-state index contributed by atoms with van der Waals surface area (Å²) < 4.78 is 0.